The first kappa shape index (κ1) is 16.9. The topological polar surface area (TPSA) is 66.4 Å². The van der Waals surface area contributed by atoms with E-state index in [0.29, 0.717) is 4.34 Å². The molecule has 0 aromatic carbocycles. The van der Waals surface area contributed by atoms with Gasteiger partial charge >= 0.3 is 0 Å². The molecular weight excluding hydrogens is 306 g/mol. The average Bonchev–Trinajstić information content (AvgIpc) is 2.81. The van der Waals surface area contributed by atoms with Crippen LogP contribution in [0.5, 0.6) is 0 Å². The van der Waals surface area contributed by atoms with Gasteiger partial charge in [-0.25, -0.2) is 13.1 Å². The predicted octanol–water partition coefficient (Wildman–Crippen LogP) is 2.87. The molecule has 0 saturated heterocycles. The van der Waals surface area contributed by atoms with E-state index in [-0.39, 0.29) is 16.7 Å². The van der Waals surface area contributed by atoms with Crippen LogP contribution in [0.25, 0.3) is 0 Å². The highest BCUT2D eigenvalue weighted by Crippen LogP contribution is 2.26. The molecule has 2 atom stereocenters. The third-order valence-electron chi connectivity index (χ3n) is 3.07. The summed E-state index contributed by atoms with van der Waals surface area (Å²) in [4.78, 5) is 0. The summed E-state index contributed by atoms with van der Waals surface area (Å²) in [5.41, 5.74) is 0. The molecule has 0 aliphatic heterocycles. The van der Waals surface area contributed by atoms with Crippen LogP contribution in [-0.2, 0) is 10.0 Å². The Morgan fingerprint density at radius 2 is 2.11 bits per heavy atom. The van der Waals surface area contributed by atoms with Crippen molar-refractivity contribution in [3.8, 4) is 0 Å². The van der Waals surface area contributed by atoms with Crippen molar-refractivity contribution in [2.24, 2.45) is 5.92 Å². The van der Waals surface area contributed by atoms with Crippen LogP contribution in [0.3, 0.4) is 0 Å². The van der Waals surface area contributed by atoms with Crippen molar-refractivity contribution in [3.05, 3.63) is 16.5 Å². The lowest BCUT2D eigenvalue weighted by molar-refractivity contribution is 0.205. The molecular formula is C12H20ClNO3S2. The Morgan fingerprint density at radius 1 is 1.42 bits per heavy atom. The summed E-state index contributed by atoms with van der Waals surface area (Å²) < 4.78 is 27.5. The molecule has 2 N–H and O–H groups in total. The first-order chi connectivity index (χ1) is 8.94. The Balaban J connectivity index is 2.85. The Bertz CT molecular complexity index is 487. The SMILES string of the molecule is CCC[C@H](CC)[C@H](CO)NS(=O)(=O)c1ccc(Cl)s1. The highest BCUT2D eigenvalue weighted by Gasteiger charge is 2.26. The molecule has 0 amide bonds. The fourth-order valence-corrected chi connectivity index (χ4v) is 4.84. The summed E-state index contributed by atoms with van der Waals surface area (Å²) in [5.74, 6) is 0.139. The van der Waals surface area contributed by atoms with Gasteiger partial charge in [0, 0.05) is 6.04 Å². The number of nitrogens with one attached hydrogen (secondary N) is 1. The molecule has 0 bridgehead atoms. The molecule has 19 heavy (non-hydrogen) atoms. The first-order valence-electron chi connectivity index (χ1n) is 6.33. The van der Waals surface area contributed by atoms with Crippen molar-refractivity contribution in [2.45, 2.75) is 43.4 Å². The van der Waals surface area contributed by atoms with Crippen molar-refractivity contribution in [1.82, 2.24) is 4.72 Å². The molecule has 4 nitrogen and oxygen atoms in total. The van der Waals surface area contributed by atoms with Gasteiger partial charge in [0.1, 0.15) is 4.21 Å². The average molecular weight is 326 g/mol. The lowest BCUT2D eigenvalue weighted by atomic mass is 9.93. The van der Waals surface area contributed by atoms with Crippen LogP contribution < -0.4 is 4.72 Å². The van der Waals surface area contributed by atoms with E-state index in [0.717, 1.165) is 30.6 Å². The van der Waals surface area contributed by atoms with E-state index in [1.54, 1.807) is 6.07 Å². The normalized spacial score (nSPS) is 15.4. The van der Waals surface area contributed by atoms with Crippen LogP contribution in [0.2, 0.25) is 4.34 Å². The summed E-state index contributed by atoms with van der Waals surface area (Å²) in [6.45, 7) is 3.85. The molecule has 1 aromatic rings. The Kier molecular flexibility index (Phi) is 6.76. The second kappa shape index (κ2) is 7.59. The second-order valence-corrected chi connectivity index (χ2v) is 8.08. The minimum Gasteiger partial charge on any atom is -0.395 e. The fraction of sp³-hybridized carbons (Fsp3) is 0.667. The summed E-state index contributed by atoms with van der Waals surface area (Å²) in [6.07, 6.45) is 2.67. The summed E-state index contributed by atoms with van der Waals surface area (Å²) in [6, 6.07) is 2.58. The van der Waals surface area contributed by atoms with Crippen LogP contribution in [-0.4, -0.2) is 26.2 Å². The van der Waals surface area contributed by atoms with Crippen LogP contribution in [0.15, 0.2) is 16.3 Å². The molecule has 0 saturated carbocycles. The predicted molar refractivity (Wildman–Crippen MR) is 79.2 cm³/mol. The second-order valence-electron chi connectivity index (χ2n) is 4.43. The number of thiophene rings is 1. The summed E-state index contributed by atoms with van der Waals surface area (Å²) >= 11 is 6.77. The van der Waals surface area contributed by atoms with Gasteiger partial charge in [0.2, 0.25) is 10.0 Å². The minimum absolute atomic E-state index is 0.139. The van der Waals surface area contributed by atoms with Gasteiger partial charge in [-0.3, -0.25) is 0 Å². The molecule has 0 aliphatic rings. The quantitative estimate of drug-likeness (QED) is 0.772. The van der Waals surface area contributed by atoms with E-state index >= 15 is 0 Å². The number of rotatable bonds is 8. The highest BCUT2D eigenvalue weighted by molar-refractivity contribution is 7.91. The van der Waals surface area contributed by atoms with Gasteiger partial charge in [0.15, 0.2) is 0 Å². The number of halogens is 1. The van der Waals surface area contributed by atoms with Crippen molar-refractivity contribution in [2.75, 3.05) is 6.61 Å². The third kappa shape index (κ3) is 4.72. The van der Waals surface area contributed by atoms with Crippen LogP contribution >= 0.6 is 22.9 Å². The maximum absolute atomic E-state index is 12.2. The summed E-state index contributed by atoms with van der Waals surface area (Å²) in [7, 11) is -3.60. The zero-order chi connectivity index (χ0) is 14.5. The van der Waals surface area contributed by atoms with E-state index in [1.165, 1.54) is 6.07 Å². The molecule has 7 heteroatoms. The van der Waals surface area contributed by atoms with Gasteiger partial charge in [0.05, 0.1) is 10.9 Å². The molecule has 0 unspecified atom stereocenters. The monoisotopic (exact) mass is 325 g/mol. The summed E-state index contributed by atoms with van der Waals surface area (Å²) in [5, 5.41) is 9.42. The molecule has 0 spiro atoms. The molecule has 110 valence electrons. The molecule has 0 radical (unpaired) electrons. The van der Waals surface area contributed by atoms with Gasteiger partial charge < -0.3 is 5.11 Å². The van der Waals surface area contributed by atoms with Gasteiger partial charge in [-0.05, 0) is 24.5 Å². The van der Waals surface area contributed by atoms with Crippen LogP contribution in [0, 0.1) is 5.92 Å². The number of hydrogen-bond donors (Lipinski definition) is 2. The van der Waals surface area contributed by atoms with Crippen molar-refractivity contribution in [3.63, 3.8) is 0 Å². The fourth-order valence-electron chi connectivity index (χ4n) is 2.04. The van der Waals surface area contributed by atoms with Gasteiger partial charge in [0.25, 0.3) is 0 Å². The van der Waals surface area contributed by atoms with E-state index < -0.39 is 16.1 Å². The molecule has 1 aromatic heterocycles. The van der Waals surface area contributed by atoms with Crippen LogP contribution in [0.4, 0.5) is 0 Å². The largest absolute Gasteiger partial charge is 0.395 e. The zero-order valence-corrected chi connectivity index (χ0v) is 13.5. The number of aliphatic hydroxyl groups is 1. The minimum atomic E-state index is -3.60. The van der Waals surface area contributed by atoms with E-state index in [9.17, 15) is 13.5 Å². The smallest absolute Gasteiger partial charge is 0.250 e. The van der Waals surface area contributed by atoms with Crippen LogP contribution in [0.1, 0.15) is 33.1 Å². The molecule has 1 rings (SSSR count). The first-order valence-corrected chi connectivity index (χ1v) is 9.00. The Morgan fingerprint density at radius 3 is 2.53 bits per heavy atom. The van der Waals surface area contributed by atoms with Gasteiger partial charge in [-0.1, -0.05) is 38.3 Å². The number of sulfonamides is 1. The Hall–Kier alpha value is -0.140. The molecule has 0 fully saturated rings. The van der Waals surface area contributed by atoms with Crippen molar-refractivity contribution in [1.29, 1.82) is 0 Å². The number of aliphatic hydroxyl groups excluding tert-OH is 1. The highest BCUT2D eigenvalue weighted by atomic mass is 35.5. The lowest BCUT2D eigenvalue weighted by Gasteiger charge is -2.24. The Labute approximate surface area is 123 Å². The van der Waals surface area contributed by atoms with Crippen molar-refractivity contribution >= 4 is 33.0 Å². The molecule has 1 heterocycles. The lowest BCUT2D eigenvalue weighted by Crippen LogP contribution is -2.42. The van der Waals surface area contributed by atoms with Gasteiger partial charge in [-0.15, -0.1) is 11.3 Å². The van der Waals surface area contributed by atoms with E-state index in [4.69, 9.17) is 11.6 Å². The van der Waals surface area contributed by atoms with Gasteiger partial charge in [-0.2, -0.15) is 0 Å². The number of hydrogen-bond acceptors (Lipinski definition) is 4. The van der Waals surface area contributed by atoms with E-state index in [1.807, 2.05) is 13.8 Å². The maximum atomic E-state index is 12.2. The standard InChI is InChI=1S/C12H20ClNO3S2/c1-3-5-9(4-2)10(8-15)14-19(16,17)12-7-6-11(13)18-12/h6-7,9-10,14-15H,3-5,8H2,1-2H3/t9-,10-/m0/s1. The maximum Gasteiger partial charge on any atom is 0.250 e. The third-order valence-corrected chi connectivity index (χ3v) is 6.28. The van der Waals surface area contributed by atoms with Crippen molar-refractivity contribution < 1.29 is 13.5 Å². The van der Waals surface area contributed by atoms with E-state index in [2.05, 4.69) is 4.72 Å². The zero-order valence-electron chi connectivity index (χ0n) is 11.1. The molecule has 0 aliphatic carbocycles.